The van der Waals surface area contributed by atoms with Crippen molar-refractivity contribution in [3.05, 3.63) is 114 Å². The molecule has 0 aliphatic heterocycles. The smallest absolute Gasteiger partial charge is 0.131 e. The molecule has 4 aromatic rings. The number of halogens is 2. The highest BCUT2D eigenvalue weighted by molar-refractivity contribution is 5.67. The van der Waals surface area contributed by atoms with Crippen LogP contribution in [0.3, 0.4) is 0 Å². The number of rotatable bonds is 8. The summed E-state index contributed by atoms with van der Waals surface area (Å²) in [5, 5.41) is 3.14. The van der Waals surface area contributed by atoms with E-state index in [0.717, 1.165) is 34.2 Å². The number of benzene rings is 3. The largest absolute Gasteiger partial charge is 0.497 e. The van der Waals surface area contributed by atoms with E-state index in [1.807, 2.05) is 55.5 Å². The monoisotopic (exact) mass is 458 g/mol. The maximum absolute atomic E-state index is 13.5. The van der Waals surface area contributed by atoms with Gasteiger partial charge in [-0.15, -0.1) is 0 Å². The summed E-state index contributed by atoms with van der Waals surface area (Å²) < 4.78 is 38.4. The molecule has 3 aromatic carbocycles. The van der Waals surface area contributed by atoms with Gasteiger partial charge in [0.05, 0.1) is 12.8 Å². The third-order valence-corrected chi connectivity index (χ3v) is 5.36. The molecular formula is C28H24F2N2O2. The minimum Gasteiger partial charge on any atom is -0.497 e. The standard InChI is InChI=1S/C28H24F2N2O2/c1-18-26(19(2)32-17-20-12-22(29)15-23(30)13-20)8-5-9-28(18)34-25-10-11-31-27(16-25)21-6-4-7-24(14-21)33-3/h4-16,32H,2,17H2,1,3H3. The topological polar surface area (TPSA) is 43.4 Å². The molecule has 0 spiro atoms. The zero-order chi connectivity index (χ0) is 24.1. The number of aromatic nitrogens is 1. The van der Waals surface area contributed by atoms with E-state index in [2.05, 4.69) is 16.9 Å². The Bertz CT molecular complexity index is 1320. The summed E-state index contributed by atoms with van der Waals surface area (Å²) >= 11 is 0. The molecule has 0 saturated carbocycles. The highest BCUT2D eigenvalue weighted by atomic mass is 19.1. The van der Waals surface area contributed by atoms with Crippen molar-refractivity contribution < 1.29 is 18.3 Å². The molecule has 0 radical (unpaired) electrons. The van der Waals surface area contributed by atoms with Crippen molar-refractivity contribution in [1.82, 2.24) is 10.3 Å². The van der Waals surface area contributed by atoms with E-state index in [1.165, 1.54) is 12.1 Å². The Hall–Kier alpha value is -4.19. The summed E-state index contributed by atoms with van der Waals surface area (Å²) in [7, 11) is 1.63. The summed E-state index contributed by atoms with van der Waals surface area (Å²) in [5.74, 6) is 0.836. The van der Waals surface area contributed by atoms with Gasteiger partial charge in [0.2, 0.25) is 0 Å². The molecule has 1 aromatic heterocycles. The van der Waals surface area contributed by atoms with Gasteiger partial charge < -0.3 is 14.8 Å². The van der Waals surface area contributed by atoms with Gasteiger partial charge in [0.15, 0.2) is 0 Å². The number of ether oxygens (including phenoxy) is 2. The van der Waals surface area contributed by atoms with E-state index in [1.54, 1.807) is 19.4 Å². The lowest BCUT2D eigenvalue weighted by Crippen LogP contribution is -2.12. The molecule has 172 valence electrons. The first-order valence-electron chi connectivity index (χ1n) is 10.7. The van der Waals surface area contributed by atoms with Crippen molar-refractivity contribution in [2.75, 3.05) is 7.11 Å². The second-order valence-electron chi connectivity index (χ2n) is 7.75. The maximum atomic E-state index is 13.5. The molecule has 4 nitrogen and oxygen atoms in total. The molecule has 0 fully saturated rings. The first-order valence-corrected chi connectivity index (χ1v) is 10.7. The highest BCUT2D eigenvalue weighted by Gasteiger charge is 2.11. The lowest BCUT2D eigenvalue weighted by molar-refractivity contribution is 0.415. The Morgan fingerprint density at radius 3 is 2.47 bits per heavy atom. The van der Waals surface area contributed by atoms with Crippen molar-refractivity contribution in [1.29, 1.82) is 0 Å². The van der Waals surface area contributed by atoms with E-state index in [4.69, 9.17) is 9.47 Å². The summed E-state index contributed by atoms with van der Waals surface area (Å²) in [6.45, 7) is 6.26. The molecule has 0 bridgehead atoms. The van der Waals surface area contributed by atoms with Crippen LogP contribution in [-0.2, 0) is 6.54 Å². The van der Waals surface area contributed by atoms with Gasteiger partial charge in [-0.1, -0.05) is 30.8 Å². The van der Waals surface area contributed by atoms with Crippen molar-refractivity contribution in [2.24, 2.45) is 0 Å². The van der Waals surface area contributed by atoms with Crippen LogP contribution in [0.2, 0.25) is 0 Å². The molecule has 0 amide bonds. The predicted octanol–water partition coefficient (Wildman–Crippen LogP) is 6.90. The molecule has 0 saturated heterocycles. The van der Waals surface area contributed by atoms with E-state index < -0.39 is 11.6 Å². The van der Waals surface area contributed by atoms with Crippen LogP contribution < -0.4 is 14.8 Å². The molecule has 1 N–H and O–H groups in total. The molecule has 0 aliphatic rings. The maximum Gasteiger partial charge on any atom is 0.131 e. The zero-order valence-corrected chi connectivity index (χ0v) is 18.9. The molecule has 0 aliphatic carbocycles. The van der Waals surface area contributed by atoms with Crippen molar-refractivity contribution in [3.63, 3.8) is 0 Å². The van der Waals surface area contributed by atoms with E-state index in [0.29, 0.717) is 22.8 Å². The second kappa shape index (κ2) is 10.2. The van der Waals surface area contributed by atoms with Gasteiger partial charge in [0.25, 0.3) is 0 Å². The minimum absolute atomic E-state index is 0.242. The lowest BCUT2D eigenvalue weighted by Gasteiger charge is -2.16. The van der Waals surface area contributed by atoms with Crippen LogP contribution in [0.15, 0.2) is 85.6 Å². The van der Waals surface area contributed by atoms with Gasteiger partial charge in [-0.25, -0.2) is 8.78 Å². The van der Waals surface area contributed by atoms with Gasteiger partial charge in [-0.05, 0) is 48.9 Å². The minimum atomic E-state index is -0.611. The number of nitrogens with one attached hydrogen (secondary N) is 1. The SMILES string of the molecule is C=C(NCc1cc(F)cc(F)c1)c1cccc(Oc2ccnc(-c3cccc(OC)c3)c2)c1C. The Kier molecular flexibility index (Phi) is 6.87. The molecule has 0 unspecified atom stereocenters. The molecule has 1 heterocycles. The van der Waals surface area contributed by atoms with Crippen molar-refractivity contribution >= 4 is 5.70 Å². The molecule has 4 rings (SSSR count). The van der Waals surface area contributed by atoms with Crippen molar-refractivity contribution in [2.45, 2.75) is 13.5 Å². The quantitative estimate of drug-likeness (QED) is 0.312. The Morgan fingerprint density at radius 1 is 0.941 bits per heavy atom. The van der Waals surface area contributed by atoms with Gasteiger partial charge in [0, 0.05) is 47.3 Å². The van der Waals surface area contributed by atoms with E-state index in [-0.39, 0.29) is 6.54 Å². The van der Waals surface area contributed by atoms with Gasteiger partial charge in [-0.3, -0.25) is 4.98 Å². The Morgan fingerprint density at radius 2 is 1.71 bits per heavy atom. The summed E-state index contributed by atoms with van der Waals surface area (Å²) in [5.41, 5.74) is 4.52. The average Bonchev–Trinajstić information content (AvgIpc) is 2.83. The molecule has 6 heteroatoms. The first kappa shape index (κ1) is 23.0. The van der Waals surface area contributed by atoms with Crippen LogP contribution in [-0.4, -0.2) is 12.1 Å². The molecular weight excluding hydrogens is 434 g/mol. The number of hydrogen-bond acceptors (Lipinski definition) is 4. The fraction of sp³-hybridized carbons (Fsp3) is 0.107. The van der Waals surface area contributed by atoms with Gasteiger partial charge in [0.1, 0.15) is 28.9 Å². The van der Waals surface area contributed by atoms with Gasteiger partial charge in [-0.2, -0.15) is 0 Å². The summed E-state index contributed by atoms with van der Waals surface area (Å²) in [6.07, 6.45) is 1.70. The average molecular weight is 459 g/mol. The van der Waals surface area contributed by atoms with Crippen LogP contribution in [0.5, 0.6) is 17.2 Å². The van der Waals surface area contributed by atoms with Crippen molar-refractivity contribution in [3.8, 4) is 28.5 Å². The van der Waals surface area contributed by atoms with Crippen LogP contribution in [0.4, 0.5) is 8.78 Å². The Labute approximate surface area is 197 Å². The third-order valence-electron chi connectivity index (χ3n) is 5.36. The normalized spacial score (nSPS) is 10.6. The first-order chi connectivity index (χ1) is 16.4. The Balaban J connectivity index is 1.51. The number of hydrogen-bond donors (Lipinski definition) is 1. The number of pyridine rings is 1. The second-order valence-corrected chi connectivity index (χ2v) is 7.75. The van der Waals surface area contributed by atoms with Gasteiger partial charge >= 0.3 is 0 Å². The summed E-state index contributed by atoms with van der Waals surface area (Å²) in [6, 6.07) is 20.4. The lowest BCUT2D eigenvalue weighted by atomic mass is 10.0. The highest BCUT2D eigenvalue weighted by Crippen LogP contribution is 2.31. The number of nitrogens with zero attached hydrogens (tertiary/aromatic N) is 1. The van der Waals surface area contributed by atoms with Crippen LogP contribution in [0.1, 0.15) is 16.7 Å². The van der Waals surface area contributed by atoms with E-state index >= 15 is 0 Å². The summed E-state index contributed by atoms with van der Waals surface area (Å²) in [4.78, 5) is 4.45. The van der Waals surface area contributed by atoms with Crippen LogP contribution in [0, 0.1) is 18.6 Å². The van der Waals surface area contributed by atoms with Crippen LogP contribution in [0.25, 0.3) is 17.0 Å². The fourth-order valence-electron chi connectivity index (χ4n) is 3.61. The fourth-order valence-corrected chi connectivity index (χ4v) is 3.61. The molecule has 34 heavy (non-hydrogen) atoms. The zero-order valence-electron chi connectivity index (χ0n) is 18.9. The number of methoxy groups -OCH3 is 1. The third kappa shape index (κ3) is 5.41. The molecule has 0 atom stereocenters. The van der Waals surface area contributed by atoms with E-state index in [9.17, 15) is 8.78 Å². The van der Waals surface area contributed by atoms with Crippen LogP contribution >= 0.6 is 0 Å². The predicted molar refractivity (Wildman–Crippen MR) is 130 cm³/mol.